The van der Waals surface area contributed by atoms with Crippen molar-refractivity contribution in [3.8, 4) is 12.3 Å². The van der Waals surface area contributed by atoms with Gasteiger partial charge < -0.3 is 15.0 Å². The first-order chi connectivity index (χ1) is 8.15. The number of anilines is 1. The molecule has 1 aromatic rings. The lowest BCUT2D eigenvalue weighted by Crippen LogP contribution is -2.12. The molecule has 0 spiro atoms. The summed E-state index contributed by atoms with van der Waals surface area (Å²) in [5.74, 6) is 2.38. The minimum absolute atomic E-state index is 0.128. The molecule has 0 bridgehead atoms. The smallest absolute Gasteiger partial charge is 0.360 e. The first-order valence-corrected chi connectivity index (χ1v) is 5.61. The molecule has 0 aromatic carbocycles. The highest BCUT2D eigenvalue weighted by Crippen LogP contribution is 2.20. The molecule has 0 fully saturated rings. The second-order valence-corrected chi connectivity index (χ2v) is 3.58. The van der Waals surface area contributed by atoms with Gasteiger partial charge in [0.1, 0.15) is 5.82 Å². The summed E-state index contributed by atoms with van der Waals surface area (Å²) in [6.45, 7) is 4.05. The van der Waals surface area contributed by atoms with E-state index in [1.807, 2.05) is 6.92 Å². The summed E-state index contributed by atoms with van der Waals surface area (Å²) in [6, 6.07) is -0.171. The maximum atomic E-state index is 11.5. The third-order valence-electron chi connectivity index (χ3n) is 2.39. The molecule has 0 radical (unpaired) electrons. The van der Waals surface area contributed by atoms with Crippen LogP contribution in [0.25, 0.3) is 0 Å². The minimum atomic E-state index is -0.518. The number of carbonyl (C=O) groups excluding carboxylic acids is 1. The van der Waals surface area contributed by atoms with E-state index in [2.05, 4.69) is 10.9 Å². The third-order valence-corrected chi connectivity index (χ3v) is 2.39. The predicted molar refractivity (Wildman–Crippen MR) is 65.4 cm³/mol. The molecule has 0 aliphatic rings. The standard InChI is InChI=1S/C12H17N3O2/c1-4-7-9(5-2)15-8-14-10(11(15)13)12(16)17-6-3/h2,8-9H,4,6-7,13H2,1,3H3. The fraction of sp³-hybridized carbons (Fsp3) is 0.500. The Labute approximate surface area is 101 Å². The summed E-state index contributed by atoms with van der Waals surface area (Å²) in [7, 11) is 0. The molecular weight excluding hydrogens is 218 g/mol. The highest BCUT2D eigenvalue weighted by atomic mass is 16.5. The topological polar surface area (TPSA) is 70.1 Å². The van der Waals surface area contributed by atoms with E-state index in [1.165, 1.54) is 6.33 Å². The van der Waals surface area contributed by atoms with E-state index < -0.39 is 5.97 Å². The van der Waals surface area contributed by atoms with Gasteiger partial charge >= 0.3 is 5.97 Å². The molecule has 0 amide bonds. The third kappa shape index (κ3) is 2.78. The van der Waals surface area contributed by atoms with Crippen molar-refractivity contribution < 1.29 is 9.53 Å². The summed E-state index contributed by atoms with van der Waals surface area (Å²) in [5.41, 5.74) is 5.97. The van der Waals surface area contributed by atoms with Crippen LogP contribution in [0.5, 0.6) is 0 Å². The molecular formula is C12H17N3O2. The summed E-state index contributed by atoms with van der Waals surface area (Å²) >= 11 is 0. The van der Waals surface area contributed by atoms with Crippen molar-refractivity contribution in [2.45, 2.75) is 32.7 Å². The molecule has 0 saturated heterocycles. The molecule has 1 aromatic heterocycles. The summed E-state index contributed by atoms with van der Waals surface area (Å²) < 4.78 is 6.48. The number of nitrogens with zero attached hydrogens (tertiary/aromatic N) is 2. The zero-order chi connectivity index (χ0) is 12.8. The Balaban J connectivity index is 2.98. The van der Waals surface area contributed by atoms with Crippen LogP contribution in [0.4, 0.5) is 5.82 Å². The van der Waals surface area contributed by atoms with Gasteiger partial charge in [0, 0.05) is 0 Å². The molecule has 1 unspecified atom stereocenters. The zero-order valence-electron chi connectivity index (χ0n) is 10.1. The molecule has 0 aliphatic carbocycles. The van der Waals surface area contributed by atoms with Crippen LogP contribution in [-0.2, 0) is 4.74 Å². The van der Waals surface area contributed by atoms with Crippen LogP contribution in [0, 0.1) is 12.3 Å². The Kier molecular flexibility index (Phi) is 4.58. The van der Waals surface area contributed by atoms with Gasteiger partial charge in [0.2, 0.25) is 0 Å². The summed E-state index contributed by atoms with van der Waals surface area (Å²) in [5, 5.41) is 0. The first-order valence-electron chi connectivity index (χ1n) is 5.61. The van der Waals surface area contributed by atoms with Gasteiger partial charge in [0.15, 0.2) is 5.69 Å². The molecule has 5 heteroatoms. The van der Waals surface area contributed by atoms with Crippen LogP contribution in [-0.4, -0.2) is 22.1 Å². The maximum absolute atomic E-state index is 11.5. The fourth-order valence-corrected chi connectivity index (χ4v) is 1.55. The largest absolute Gasteiger partial charge is 0.461 e. The SMILES string of the molecule is C#CC(CCC)n1cnc(C(=O)OCC)c1N. The van der Waals surface area contributed by atoms with Crippen molar-refractivity contribution in [3.63, 3.8) is 0 Å². The fourth-order valence-electron chi connectivity index (χ4n) is 1.55. The van der Waals surface area contributed by atoms with Gasteiger partial charge in [-0.1, -0.05) is 19.3 Å². The number of terminal acetylenes is 1. The average molecular weight is 235 g/mol. The molecule has 1 atom stereocenters. The lowest BCUT2D eigenvalue weighted by molar-refractivity contribution is 0.0521. The number of esters is 1. The van der Waals surface area contributed by atoms with E-state index in [0.29, 0.717) is 6.61 Å². The van der Waals surface area contributed by atoms with Crippen LogP contribution in [0.2, 0.25) is 0 Å². The van der Waals surface area contributed by atoms with Crippen LogP contribution >= 0.6 is 0 Å². The van der Waals surface area contributed by atoms with Crippen LogP contribution in [0.3, 0.4) is 0 Å². The van der Waals surface area contributed by atoms with E-state index >= 15 is 0 Å². The van der Waals surface area contributed by atoms with Crippen molar-refractivity contribution in [2.24, 2.45) is 0 Å². The van der Waals surface area contributed by atoms with Gasteiger partial charge in [0.25, 0.3) is 0 Å². The van der Waals surface area contributed by atoms with Crippen LogP contribution in [0.1, 0.15) is 43.2 Å². The highest BCUT2D eigenvalue weighted by Gasteiger charge is 2.19. The van der Waals surface area contributed by atoms with Gasteiger partial charge in [0.05, 0.1) is 19.0 Å². The maximum Gasteiger partial charge on any atom is 0.360 e. The second kappa shape index (κ2) is 5.94. The molecule has 1 heterocycles. The quantitative estimate of drug-likeness (QED) is 0.622. The summed E-state index contributed by atoms with van der Waals surface area (Å²) in [6.07, 6.45) is 8.64. The first kappa shape index (κ1) is 13.1. The monoisotopic (exact) mass is 235 g/mol. The van der Waals surface area contributed by atoms with Gasteiger partial charge in [-0.3, -0.25) is 0 Å². The number of ether oxygens (including phenoxy) is 1. The molecule has 92 valence electrons. The number of imidazole rings is 1. The number of hydrogen-bond acceptors (Lipinski definition) is 4. The van der Waals surface area contributed by atoms with Crippen molar-refractivity contribution in [1.82, 2.24) is 9.55 Å². The van der Waals surface area contributed by atoms with E-state index in [9.17, 15) is 4.79 Å². The molecule has 17 heavy (non-hydrogen) atoms. The van der Waals surface area contributed by atoms with Crippen LogP contribution < -0.4 is 5.73 Å². The Bertz CT molecular complexity index is 431. The summed E-state index contributed by atoms with van der Waals surface area (Å²) in [4.78, 5) is 15.5. The number of carbonyl (C=O) groups is 1. The van der Waals surface area contributed by atoms with E-state index in [0.717, 1.165) is 12.8 Å². The van der Waals surface area contributed by atoms with Crippen molar-refractivity contribution in [3.05, 3.63) is 12.0 Å². The lowest BCUT2D eigenvalue weighted by atomic mass is 10.2. The number of hydrogen-bond donors (Lipinski definition) is 1. The molecule has 1 rings (SSSR count). The van der Waals surface area contributed by atoms with E-state index in [1.54, 1.807) is 11.5 Å². The normalized spacial score (nSPS) is 11.8. The van der Waals surface area contributed by atoms with Crippen LogP contribution in [0.15, 0.2) is 6.33 Å². The molecule has 5 nitrogen and oxygen atoms in total. The Morgan fingerprint density at radius 2 is 2.41 bits per heavy atom. The molecule has 0 saturated carbocycles. The Morgan fingerprint density at radius 1 is 1.71 bits per heavy atom. The average Bonchev–Trinajstić information content (AvgIpc) is 2.68. The Hall–Kier alpha value is -1.96. The van der Waals surface area contributed by atoms with Crippen molar-refractivity contribution in [1.29, 1.82) is 0 Å². The Morgan fingerprint density at radius 3 is 2.94 bits per heavy atom. The minimum Gasteiger partial charge on any atom is -0.461 e. The van der Waals surface area contributed by atoms with Gasteiger partial charge in [-0.25, -0.2) is 9.78 Å². The number of aromatic nitrogens is 2. The van der Waals surface area contributed by atoms with Gasteiger partial charge in [-0.05, 0) is 13.3 Å². The second-order valence-electron chi connectivity index (χ2n) is 3.58. The van der Waals surface area contributed by atoms with Crippen molar-refractivity contribution >= 4 is 11.8 Å². The number of nitrogens with two attached hydrogens (primary N) is 1. The highest BCUT2D eigenvalue weighted by molar-refractivity contribution is 5.92. The van der Waals surface area contributed by atoms with E-state index in [4.69, 9.17) is 16.9 Å². The van der Waals surface area contributed by atoms with Crippen molar-refractivity contribution in [2.75, 3.05) is 12.3 Å². The lowest BCUT2D eigenvalue weighted by Gasteiger charge is -2.12. The zero-order valence-corrected chi connectivity index (χ0v) is 10.1. The predicted octanol–water partition coefficient (Wildman–Crippen LogP) is 1.62. The van der Waals surface area contributed by atoms with E-state index in [-0.39, 0.29) is 17.6 Å². The van der Waals surface area contributed by atoms with Gasteiger partial charge in [-0.15, -0.1) is 6.42 Å². The number of rotatable bonds is 5. The molecule has 0 aliphatic heterocycles. The van der Waals surface area contributed by atoms with Gasteiger partial charge in [-0.2, -0.15) is 0 Å². The molecule has 2 N–H and O–H groups in total. The number of nitrogen functional groups attached to an aromatic ring is 1.